The third-order valence-corrected chi connectivity index (χ3v) is 2.94. The lowest BCUT2D eigenvalue weighted by atomic mass is 10.0. The van der Waals surface area contributed by atoms with Gasteiger partial charge >= 0.3 is 0 Å². The minimum absolute atomic E-state index is 0.0159. The summed E-state index contributed by atoms with van der Waals surface area (Å²) in [6.07, 6.45) is 0.891. The molecule has 0 aliphatic heterocycles. The molecule has 3 heteroatoms. The second-order valence-electron chi connectivity index (χ2n) is 3.61. The first-order chi connectivity index (χ1) is 7.09. The van der Waals surface area contributed by atoms with E-state index in [0.717, 1.165) is 5.56 Å². The van der Waals surface area contributed by atoms with Crippen molar-refractivity contribution < 1.29 is 4.79 Å². The molecule has 1 rings (SSSR count). The van der Waals surface area contributed by atoms with Gasteiger partial charge in [-0.3, -0.25) is 4.79 Å². The van der Waals surface area contributed by atoms with Crippen molar-refractivity contribution in [1.29, 1.82) is 0 Å². The van der Waals surface area contributed by atoms with Crippen LogP contribution in [0.5, 0.6) is 0 Å². The predicted molar refractivity (Wildman–Crippen MR) is 67.4 cm³/mol. The Morgan fingerprint density at radius 2 is 2.00 bits per heavy atom. The molecule has 0 fully saturated rings. The van der Waals surface area contributed by atoms with E-state index in [0.29, 0.717) is 17.2 Å². The van der Waals surface area contributed by atoms with E-state index in [1.165, 1.54) is 0 Å². The van der Waals surface area contributed by atoms with Gasteiger partial charge in [0.15, 0.2) is 0 Å². The molecule has 0 bridgehead atoms. The third kappa shape index (κ3) is 4.54. The Kier molecular flexibility index (Phi) is 4.92. The number of Topliss-reactive ketones (excluding diaryl/α,β-unsaturated/α-hetero) is 1. The van der Waals surface area contributed by atoms with Crippen molar-refractivity contribution in [1.82, 2.24) is 0 Å². The van der Waals surface area contributed by atoms with Gasteiger partial charge in [-0.25, -0.2) is 0 Å². The van der Waals surface area contributed by atoms with E-state index in [1.807, 2.05) is 37.3 Å². The molecule has 0 amide bonds. The molecule has 0 aliphatic carbocycles. The van der Waals surface area contributed by atoms with Gasteiger partial charge in [0.2, 0.25) is 0 Å². The Balaban J connectivity index is 2.47. The van der Waals surface area contributed by atoms with Crippen molar-refractivity contribution in [3.05, 3.63) is 35.9 Å². The zero-order chi connectivity index (χ0) is 11.3. The number of hydrogen-bond donors (Lipinski definition) is 0. The molecule has 0 heterocycles. The number of benzene rings is 1. The predicted octanol–water partition coefficient (Wildman–Crippen LogP) is 3.39. The molecule has 0 aliphatic rings. The van der Waals surface area contributed by atoms with Crippen molar-refractivity contribution in [2.24, 2.45) is 5.92 Å². The third-order valence-electron chi connectivity index (χ3n) is 2.17. The van der Waals surface area contributed by atoms with Crippen LogP contribution in [0, 0.1) is 5.92 Å². The molecular formula is C12H13ClOS. The quantitative estimate of drug-likeness (QED) is 0.580. The second kappa shape index (κ2) is 5.99. The summed E-state index contributed by atoms with van der Waals surface area (Å²) in [4.78, 5) is 11.6. The van der Waals surface area contributed by atoms with Crippen molar-refractivity contribution in [3.8, 4) is 0 Å². The standard InChI is InChI=1S/C12H13ClOS/c1-9(12(13)15)7-11(14)8-10-5-3-2-4-6-10/h2-6,9H,7-8H2,1H3. The van der Waals surface area contributed by atoms with E-state index < -0.39 is 0 Å². The molecule has 0 saturated carbocycles. The highest BCUT2D eigenvalue weighted by atomic mass is 35.5. The summed E-state index contributed by atoms with van der Waals surface area (Å²) < 4.78 is 0.386. The second-order valence-corrected chi connectivity index (χ2v) is 4.68. The summed E-state index contributed by atoms with van der Waals surface area (Å²) in [6, 6.07) is 9.68. The highest BCUT2D eigenvalue weighted by molar-refractivity contribution is 7.83. The number of hydrogen-bond acceptors (Lipinski definition) is 2. The van der Waals surface area contributed by atoms with Crippen molar-refractivity contribution in [2.75, 3.05) is 0 Å². The SMILES string of the molecule is CC(CC(=O)Cc1ccccc1)C(=S)Cl. The molecule has 0 saturated heterocycles. The van der Waals surface area contributed by atoms with Gasteiger partial charge in [-0.2, -0.15) is 0 Å². The minimum Gasteiger partial charge on any atom is -0.299 e. The minimum atomic E-state index is -0.0159. The molecule has 1 atom stereocenters. The van der Waals surface area contributed by atoms with Gasteiger partial charge in [0.1, 0.15) is 5.78 Å². The molecule has 1 aromatic rings. The van der Waals surface area contributed by atoms with Gasteiger partial charge in [0, 0.05) is 18.8 Å². The van der Waals surface area contributed by atoms with Crippen molar-refractivity contribution >= 4 is 33.9 Å². The topological polar surface area (TPSA) is 17.1 Å². The normalized spacial score (nSPS) is 12.1. The van der Waals surface area contributed by atoms with E-state index in [2.05, 4.69) is 0 Å². The lowest BCUT2D eigenvalue weighted by Gasteiger charge is -2.06. The summed E-state index contributed by atoms with van der Waals surface area (Å²) in [6.45, 7) is 1.87. The maximum Gasteiger partial charge on any atom is 0.137 e. The molecule has 1 aromatic carbocycles. The zero-order valence-electron chi connectivity index (χ0n) is 8.57. The van der Waals surface area contributed by atoms with Gasteiger partial charge in [-0.05, 0) is 5.56 Å². The first-order valence-electron chi connectivity index (χ1n) is 4.84. The lowest BCUT2D eigenvalue weighted by molar-refractivity contribution is -0.118. The van der Waals surface area contributed by atoms with Crippen LogP contribution in [0.15, 0.2) is 30.3 Å². The van der Waals surface area contributed by atoms with Crippen molar-refractivity contribution in [2.45, 2.75) is 19.8 Å². The van der Waals surface area contributed by atoms with Crippen LogP contribution in [-0.4, -0.2) is 10.1 Å². The van der Waals surface area contributed by atoms with E-state index in [1.54, 1.807) is 0 Å². The molecule has 15 heavy (non-hydrogen) atoms. The van der Waals surface area contributed by atoms with E-state index in [4.69, 9.17) is 23.8 Å². The molecular weight excluding hydrogens is 228 g/mol. The summed E-state index contributed by atoms with van der Waals surface area (Å²) in [5, 5.41) is 0. The van der Waals surface area contributed by atoms with Crippen LogP contribution in [0.25, 0.3) is 0 Å². The van der Waals surface area contributed by atoms with Gasteiger partial charge in [-0.15, -0.1) is 0 Å². The van der Waals surface area contributed by atoms with Gasteiger partial charge < -0.3 is 0 Å². The van der Waals surface area contributed by atoms with Crippen LogP contribution in [0.3, 0.4) is 0 Å². The molecule has 0 N–H and O–H groups in total. The monoisotopic (exact) mass is 240 g/mol. The van der Waals surface area contributed by atoms with Gasteiger partial charge in [0.05, 0.1) is 4.32 Å². The number of thiocarbonyl (C=S) groups is 1. The van der Waals surface area contributed by atoms with Crippen molar-refractivity contribution in [3.63, 3.8) is 0 Å². The Bertz CT molecular complexity index is 348. The highest BCUT2D eigenvalue weighted by Gasteiger charge is 2.12. The number of rotatable bonds is 5. The fourth-order valence-electron chi connectivity index (χ4n) is 1.32. The smallest absolute Gasteiger partial charge is 0.137 e. The lowest BCUT2D eigenvalue weighted by Crippen LogP contribution is -2.11. The van der Waals surface area contributed by atoms with Crippen LogP contribution in [0.1, 0.15) is 18.9 Å². The molecule has 0 radical (unpaired) electrons. The number of ketones is 1. The van der Waals surface area contributed by atoms with E-state index in [-0.39, 0.29) is 11.7 Å². The Hall–Kier alpha value is -0.730. The molecule has 80 valence electrons. The summed E-state index contributed by atoms with van der Waals surface area (Å²) in [5.41, 5.74) is 1.04. The first kappa shape index (κ1) is 12.3. The highest BCUT2D eigenvalue weighted by Crippen LogP contribution is 2.11. The number of carbonyl (C=O) groups excluding carboxylic acids is 1. The maximum absolute atomic E-state index is 11.6. The summed E-state index contributed by atoms with van der Waals surface area (Å²) in [7, 11) is 0. The average molecular weight is 241 g/mol. The summed E-state index contributed by atoms with van der Waals surface area (Å²) >= 11 is 10.5. The summed E-state index contributed by atoms with van der Waals surface area (Å²) in [5.74, 6) is 0.162. The number of carbonyl (C=O) groups is 1. The van der Waals surface area contributed by atoms with Crippen LogP contribution < -0.4 is 0 Å². The Morgan fingerprint density at radius 1 is 1.40 bits per heavy atom. The largest absolute Gasteiger partial charge is 0.299 e. The van der Waals surface area contributed by atoms with Crippen LogP contribution in [0.4, 0.5) is 0 Å². The zero-order valence-corrected chi connectivity index (χ0v) is 10.1. The van der Waals surface area contributed by atoms with E-state index >= 15 is 0 Å². The molecule has 1 unspecified atom stereocenters. The maximum atomic E-state index is 11.6. The number of halogens is 1. The average Bonchev–Trinajstić information content (AvgIpc) is 2.18. The van der Waals surface area contributed by atoms with Gasteiger partial charge in [0.25, 0.3) is 0 Å². The van der Waals surface area contributed by atoms with Crippen LogP contribution in [0.2, 0.25) is 0 Å². The molecule has 0 aromatic heterocycles. The fourth-order valence-corrected chi connectivity index (χ4v) is 1.48. The molecule has 0 spiro atoms. The van der Waals surface area contributed by atoms with Crippen LogP contribution in [-0.2, 0) is 11.2 Å². The Morgan fingerprint density at radius 3 is 2.53 bits per heavy atom. The fraction of sp³-hybridized carbons (Fsp3) is 0.333. The van der Waals surface area contributed by atoms with Gasteiger partial charge in [-0.1, -0.05) is 61.1 Å². The Labute approximate surface area is 100 Å². The van der Waals surface area contributed by atoms with E-state index in [9.17, 15) is 4.79 Å². The van der Waals surface area contributed by atoms with Crippen LogP contribution >= 0.6 is 23.8 Å². The molecule has 1 nitrogen and oxygen atoms in total. The first-order valence-corrected chi connectivity index (χ1v) is 5.63.